The molecule has 0 bridgehead atoms. The first-order chi connectivity index (χ1) is 21.6. The van der Waals surface area contributed by atoms with Crippen molar-refractivity contribution in [2.75, 3.05) is 0 Å². The minimum atomic E-state index is -1.59. The molecule has 2 aliphatic carbocycles. The lowest BCUT2D eigenvalue weighted by atomic mass is 9.61. The molecular weight excluding hydrogens is 536 g/mol. The molecule has 0 saturated carbocycles. The van der Waals surface area contributed by atoms with Gasteiger partial charge in [0, 0.05) is 22.3 Å². The monoisotopic (exact) mass is 566 g/mol. The van der Waals surface area contributed by atoms with Crippen LogP contribution in [-0.4, -0.2) is 10.2 Å². The molecule has 0 unspecified atom stereocenters. The molecule has 0 radical (unpaired) electrons. The average molecular weight is 567 g/mol. The Morgan fingerprint density at radius 1 is 0.273 bits per heavy atom. The lowest BCUT2D eigenvalue weighted by Crippen LogP contribution is -2.56. The van der Waals surface area contributed by atoms with Crippen molar-refractivity contribution in [3.63, 3.8) is 0 Å². The van der Waals surface area contributed by atoms with Gasteiger partial charge in [-0.1, -0.05) is 170 Å². The van der Waals surface area contributed by atoms with Crippen LogP contribution in [0.25, 0.3) is 22.3 Å². The average Bonchev–Trinajstić information content (AvgIpc) is 3.09. The fourth-order valence-corrected chi connectivity index (χ4v) is 7.37. The zero-order valence-electron chi connectivity index (χ0n) is 24.1. The minimum Gasteiger partial charge on any atom is -0.376 e. The van der Waals surface area contributed by atoms with Crippen LogP contribution in [0.1, 0.15) is 22.3 Å². The Bertz CT molecular complexity index is 2110. The zero-order chi connectivity index (χ0) is 29.7. The van der Waals surface area contributed by atoms with Crippen molar-refractivity contribution >= 4 is 22.3 Å². The number of rotatable bonds is 4. The molecule has 0 amide bonds. The van der Waals surface area contributed by atoms with Crippen LogP contribution in [0.3, 0.4) is 0 Å². The van der Waals surface area contributed by atoms with E-state index >= 15 is 0 Å². The normalized spacial score (nSPS) is 20.5. The Kier molecular flexibility index (Phi) is 6.09. The van der Waals surface area contributed by atoms with E-state index in [1.54, 1.807) is 0 Å². The summed E-state index contributed by atoms with van der Waals surface area (Å²) in [5, 5.41) is 30.9. The summed E-state index contributed by atoms with van der Waals surface area (Å²) in [6.07, 6.45) is 0. The number of hydrogen-bond donors (Lipinski definition) is 2. The molecule has 2 nitrogen and oxygen atoms in total. The maximum atomic E-state index is 13.7. The Hall–Kier alpha value is -5.28. The van der Waals surface area contributed by atoms with Crippen LogP contribution in [-0.2, 0) is 11.2 Å². The van der Waals surface area contributed by atoms with E-state index in [1.807, 2.05) is 121 Å². The molecule has 2 N–H and O–H groups in total. The molecule has 6 aromatic rings. The second-order valence-corrected chi connectivity index (χ2v) is 11.5. The summed E-state index contributed by atoms with van der Waals surface area (Å²) >= 11 is 0. The molecule has 210 valence electrons. The fraction of sp³-hybridized carbons (Fsp3) is 0.0476. The van der Waals surface area contributed by atoms with Gasteiger partial charge in [-0.15, -0.1) is 0 Å². The maximum Gasteiger partial charge on any atom is 0.142 e. The summed E-state index contributed by atoms with van der Waals surface area (Å²) < 4.78 is 0. The second kappa shape index (κ2) is 10.2. The van der Waals surface area contributed by atoms with Crippen molar-refractivity contribution in [2.45, 2.75) is 11.2 Å². The Labute approximate surface area is 256 Å². The molecule has 0 aromatic heterocycles. The van der Waals surface area contributed by atoms with Crippen molar-refractivity contribution < 1.29 is 10.2 Å². The van der Waals surface area contributed by atoms with Gasteiger partial charge in [0.1, 0.15) is 11.2 Å². The minimum absolute atomic E-state index is 0.697. The third-order valence-corrected chi connectivity index (χ3v) is 9.14. The fourth-order valence-electron chi connectivity index (χ4n) is 7.37. The van der Waals surface area contributed by atoms with Crippen LogP contribution in [0.5, 0.6) is 0 Å². The molecule has 2 atom stereocenters. The van der Waals surface area contributed by atoms with Crippen molar-refractivity contribution in [3.05, 3.63) is 213 Å². The summed E-state index contributed by atoms with van der Waals surface area (Å²) in [4.78, 5) is 0. The summed E-state index contributed by atoms with van der Waals surface area (Å²) in [6.45, 7) is 0. The van der Waals surface area contributed by atoms with Crippen molar-refractivity contribution in [3.8, 4) is 0 Å². The molecule has 8 rings (SSSR count). The van der Waals surface area contributed by atoms with E-state index in [2.05, 4.69) is 48.5 Å². The van der Waals surface area contributed by atoms with E-state index in [0.29, 0.717) is 11.1 Å². The smallest absolute Gasteiger partial charge is 0.142 e. The quantitative estimate of drug-likeness (QED) is 0.319. The summed E-state index contributed by atoms with van der Waals surface area (Å²) in [5.41, 5.74) is 3.15. The van der Waals surface area contributed by atoms with Crippen molar-refractivity contribution in [2.24, 2.45) is 0 Å². The van der Waals surface area contributed by atoms with E-state index in [4.69, 9.17) is 0 Å². The van der Waals surface area contributed by atoms with Crippen LogP contribution < -0.4 is 20.9 Å². The highest BCUT2D eigenvalue weighted by atomic mass is 16.3. The molecule has 0 heterocycles. The van der Waals surface area contributed by atoms with E-state index in [0.717, 1.165) is 54.3 Å². The molecular formula is C42H30O2. The van der Waals surface area contributed by atoms with Gasteiger partial charge in [-0.25, -0.2) is 0 Å². The first kappa shape index (κ1) is 26.4. The molecule has 0 fully saturated rings. The van der Waals surface area contributed by atoms with Crippen LogP contribution in [0.2, 0.25) is 0 Å². The molecule has 0 saturated heterocycles. The first-order valence-corrected chi connectivity index (χ1v) is 15.0. The number of fused-ring (bicyclic) bond motifs is 3. The van der Waals surface area contributed by atoms with Crippen LogP contribution in [0.4, 0.5) is 0 Å². The van der Waals surface area contributed by atoms with Gasteiger partial charge in [-0.2, -0.15) is 0 Å². The largest absolute Gasteiger partial charge is 0.376 e. The van der Waals surface area contributed by atoms with Crippen LogP contribution >= 0.6 is 0 Å². The number of benzene rings is 6. The predicted molar refractivity (Wildman–Crippen MR) is 177 cm³/mol. The van der Waals surface area contributed by atoms with Gasteiger partial charge >= 0.3 is 0 Å². The topological polar surface area (TPSA) is 40.5 Å². The molecule has 6 aromatic carbocycles. The molecule has 44 heavy (non-hydrogen) atoms. The Morgan fingerprint density at radius 2 is 0.523 bits per heavy atom. The number of hydrogen-bond acceptors (Lipinski definition) is 2. The second-order valence-electron chi connectivity index (χ2n) is 11.5. The lowest BCUT2D eigenvalue weighted by Gasteiger charge is -2.46. The van der Waals surface area contributed by atoms with Crippen molar-refractivity contribution in [1.29, 1.82) is 0 Å². The Balaban J connectivity index is 1.72. The molecule has 0 spiro atoms. The van der Waals surface area contributed by atoms with E-state index < -0.39 is 11.2 Å². The highest BCUT2D eigenvalue weighted by Crippen LogP contribution is 2.54. The lowest BCUT2D eigenvalue weighted by molar-refractivity contribution is 0.143. The first-order valence-electron chi connectivity index (χ1n) is 15.0. The third-order valence-electron chi connectivity index (χ3n) is 9.14. The van der Waals surface area contributed by atoms with Crippen LogP contribution in [0.15, 0.2) is 170 Å². The third kappa shape index (κ3) is 3.69. The van der Waals surface area contributed by atoms with Gasteiger partial charge in [0.05, 0.1) is 0 Å². The Morgan fingerprint density at radius 3 is 0.841 bits per heavy atom. The predicted octanol–water partition coefficient (Wildman–Crippen LogP) is 4.89. The van der Waals surface area contributed by atoms with Gasteiger partial charge in [-0.05, 0) is 43.1 Å². The molecule has 2 aliphatic rings. The van der Waals surface area contributed by atoms with Gasteiger partial charge in [-0.3, -0.25) is 0 Å². The van der Waals surface area contributed by atoms with E-state index in [-0.39, 0.29) is 0 Å². The highest BCUT2D eigenvalue weighted by molar-refractivity contribution is 6.11. The standard InChI is InChI=1S/C42H30O2/c43-41(31-21-9-3-10-22-31)37(29-17-5-1-6-18-29)33-25-13-15-27-35(33)40-39(41)36-28-16-14-26-34(36)38(30-19-7-2-8-20-30)42(40,44)32-23-11-4-12-24-32/h1-28,43-44H/t41-,42-/m1/s1. The van der Waals surface area contributed by atoms with Gasteiger partial charge in [0.15, 0.2) is 0 Å². The van der Waals surface area contributed by atoms with Gasteiger partial charge in [0.2, 0.25) is 0 Å². The highest BCUT2D eigenvalue weighted by Gasteiger charge is 2.52. The maximum absolute atomic E-state index is 13.7. The van der Waals surface area contributed by atoms with Gasteiger partial charge < -0.3 is 10.2 Å². The van der Waals surface area contributed by atoms with E-state index in [1.165, 1.54) is 0 Å². The summed E-state index contributed by atoms with van der Waals surface area (Å²) in [7, 11) is 0. The zero-order valence-corrected chi connectivity index (χ0v) is 24.1. The molecule has 0 aliphatic heterocycles. The SMILES string of the molecule is O[C@@]1(c2ccccc2)C2=c3ccccc3=C(c3ccccc3)[C@](O)(c3ccccc3)C2=c2ccccc2=C1c1ccccc1. The molecule has 2 heteroatoms. The van der Waals surface area contributed by atoms with Crippen molar-refractivity contribution in [1.82, 2.24) is 0 Å². The van der Waals surface area contributed by atoms with Crippen LogP contribution in [0, 0.1) is 0 Å². The number of aliphatic hydroxyl groups is 2. The summed E-state index contributed by atoms with van der Waals surface area (Å²) in [5.74, 6) is 0. The summed E-state index contributed by atoms with van der Waals surface area (Å²) in [6, 6.07) is 56.4. The van der Waals surface area contributed by atoms with E-state index in [9.17, 15) is 10.2 Å². The van der Waals surface area contributed by atoms with Gasteiger partial charge in [0.25, 0.3) is 0 Å².